The predicted molar refractivity (Wildman–Crippen MR) is 56.5 cm³/mol. The van der Waals surface area contributed by atoms with Gasteiger partial charge in [0.2, 0.25) is 6.29 Å². The number of hydrogen-bond donors (Lipinski definition) is 4. The largest absolute Gasteiger partial charge is 0.508 e. The van der Waals surface area contributed by atoms with E-state index in [4.69, 9.17) is 14.6 Å². The lowest BCUT2D eigenvalue weighted by atomic mass is 10.1. The smallest absolute Gasteiger partial charge is 0.228 e. The molecule has 4 atom stereocenters. The molecule has 17 heavy (non-hydrogen) atoms. The highest BCUT2D eigenvalue weighted by Gasteiger charge is 2.38. The highest BCUT2D eigenvalue weighted by Crippen LogP contribution is 2.22. The molecule has 1 aliphatic rings. The molecule has 94 valence electrons. The molecule has 1 fully saturated rings. The van der Waals surface area contributed by atoms with Gasteiger partial charge >= 0.3 is 0 Å². The molecule has 0 saturated carbocycles. The van der Waals surface area contributed by atoms with E-state index in [9.17, 15) is 15.3 Å². The lowest BCUT2D eigenvalue weighted by Gasteiger charge is -2.34. The molecular formula is C11H14O6. The molecule has 1 aliphatic heterocycles. The molecule has 1 aromatic rings. The van der Waals surface area contributed by atoms with E-state index in [1.165, 1.54) is 24.3 Å². The summed E-state index contributed by atoms with van der Waals surface area (Å²) in [6.07, 6.45) is -4.79. The summed E-state index contributed by atoms with van der Waals surface area (Å²) in [6.45, 7) is -0.110. The predicted octanol–water partition coefficient (Wildman–Crippen LogP) is -0.790. The topological polar surface area (TPSA) is 99.4 Å². The third kappa shape index (κ3) is 2.67. The Bertz CT molecular complexity index is 365. The SMILES string of the molecule is Oc1ccc(OC2OC[C@@H](O)[C@H](O)[C@H]2O)cc1. The summed E-state index contributed by atoms with van der Waals surface area (Å²) in [5, 5.41) is 37.4. The highest BCUT2D eigenvalue weighted by atomic mass is 16.7. The van der Waals surface area contributed by atoms with Crippen molar-refractivity contribution in [1.29, 1.82) is 0 Å². The number of hydrogen-bond acceptors (Lipinski definition) is 6. The van der Waals surface area contributed by atoms with Crippen LogP contribution in [-0.4, -0.2) is 51.6 Å². The first-order valence-electron chi connectivity index (χ1n) is 5.19. The van der Waals surface area contributed by atoms with Crippen LogP contribution < -0.4 is 4.74 Å². The molecule has 0 amide bonds. The average Bonchev–Trinajstić information content (AvgIpc) is 2.33. The Kier molecular flexibility index (Phi) is 3.49. The second-order valence-electron chi connectivity index (χ2n) is 3.86. The summed E-state index contributed by atoms with van der Waals surface area (Å²) >= 11 is 0. The van der Waals surface area contributed by atoms with Crippen LogP contribution in [0.1, 0.15) is 0 Å². The Morgan fingerprint density at radius 2 is 1.71 bits per heavy atom. The maximum atomic E-state index is 9.61. The number of aliphatic hydroxyl groups is 3. The van der Waals surface area contributed by atoms with Crippen molar-refractivity contribution in [2.75, 3.05) is 6.61 Å². The number of aromatic hydroxyl groups is 1. The van der Waals surface area contributed by atoms with Gasteiger partial charge in [0.25, 0.3) is 0 Å². The van der Waals surface area contributed by atoms with Crippen molar-refractivity contribution in [2.24, 2.45) is 0 Å². The fourth-order valence-electron chi connectivity index (χ4n) is 1.54. The highest BCUT2D eigenvalue weighted by molar-refractivity contribution is 5.30. The second kappa shape index (κ2) is 4.89. The van der Waals surface area contributed by atoms with E-state index < -0.39 is 24.6 Å². The lowest BCUT2D eigenvalue weighted by Crippen LogP contribution is -2.54. The van der Waals surface area contributed by atoms with Crippen LogP contribution in [0.4, 0.5) is 0 Å². The molecule has 0 aliphatic carbocycles. The second-order valence-corrected chi connectivity index (χ2v) is 3.86. The van der Waals surface area contributed by atoms with E-state index in [0.717, 1.165) is 0 Å². The standard InChI is InChI=1S/C11H14O6/c12-6-1-3-7(4-2-6)17-11-10(15)9(14)8(13)5-16-11/h1-4,8-15H,5H2/t8-,9+,10-,11?/m1/s1. The summed E-state index contributed by atoms with van der Waals surface area (Å²) in [6, 6.07) is 5.86. The van der Waals surface area contributed by atoms with E-state index in [2.05, 4.69) is 0 Å². The zero-order chi connectivity index (χ0) is 12.4. The van der Waals surface area contributed by atoms with Crippen molar-refractivity contribution in [1.82, 2.24) is 0 Å². The van der Waals surface area contributed by atoms with E-state index in [1.807, 2.05) is 0 Å². The van der Waals surface area contributed by atoms with Gasteiger partial charge in [0.15, 0.2) is 0 Å². The van der Waals surface area contributed by atoms with Crippen LogP contribution in [0.5, 0.6) is 11.5 Å². The summed E-state index contributed by atoms with van der Waals surface area (Å²) in [4.78, 5) is 0. The van der Waals surface area contributed by atoms with Crippen LogP contribution in [0.3, 0.4) is 0 Å². The van der Waals surface area contributed by atoms with Gasteiger partial charge in [-0.25, -0.2) is 0 Å². The number of phenolic OH excluding ortho intramolecular Hbond substituents is 1. The van der Waals surface area contributed by atoms with Crippen LogP contribution in [0.2, 0.25) is 0 Å². The lowest BCUT2D eigenvalue weighted by molar-refractivity contribution is -0.242. The van der Waals surface area contributed by atoms with Gasteiger partial charge in [-0.2, -0.15) is 0 Å². The first kappa shape index (κ1) is 12.1. The van der Waals surface area contributed by atoms with E-state index in [0.29, 0.717) is 5.75 Å². The van der Waals surface area contributed by atoms with E-state index in [1.54, 1.807) is 0 Å². The van der Waals surface area contributed by atoms with Crippen LogP contribution in [-0.2, 0) is 4.74 Å². The molecule has 0 aromatic heterocycles. The zero-order valence-electron chi connectivity index (χ0n) is 8.93. The minimum Gasteiger partial charge on any atom is -0.508 e. The van der Waals surface area contributed by atoms with E-state index >= 15 is 0 Å². The van der Waals surface area contributed by atoms with Gasteiger partial charge in [0.05, 0.1) is 6.61 Å². The van der Waals surface area contributed by atoms with E-state index in [-0.39, 0.29) is 12.4 Å². The van der Waals surface area contributed by atoms with Gasteiger partial charge in [-0.05, 0) is 24.3 Å². The number of aliphatic hydroxyl groups excluding tert-OH is 3. The molecule has 2 rings (SSSR count). The molecular weight excluding hydrogens is 228 g/mol. The third-order valence-corrected chi connectivity index (χ3v) is 2.54. The molecule has 1 heterocycles. The first-order valence-corrected chi connectivity index (χ1v) is 5.19. The number of ether oxygens (including phenoxy) is 2. The van der Waals surface area contributed by atoms with Crippen LogP contribution in [0, 0.1) is 0 Å². The normalized spacial score (nSPS) is 33.4. The molecule has 6 heteroatoms. The molecule has 0 radical (unpaired) electrons. The molecule has 6 nitrogen and oxygen atoms in total. The Morgan fingerprint density at radius 3 is 2.35 bits per heavy atom. The Balaban J connectivity index is 2.01. The van der Waals surface area contributed by atoms with Crippen LogP contribution in [0.25, 0.3) is 0 Å². The molecule has 0 spiro atoms. The molecule has 0 bridgehead atoms. The summed E-state index contributed by atoms with van der Waals surface area (Å²) in [7, 11) is 0. The van der Waals surface area contributed by atoms with Crippen LogP contribution in [0.15, 0.2) is 24.3 Å². The van der Waals surface area contributed by atoms with Crippen molar-refractivity contribution in [3.63, 3.8) is 0 Å². The number of rotatable bonds is 2. The third-order valence-electron chi connectivity index (χ3n) is 2.54. The Morgan fingerprint density at radius 1 is 1.06 bits per heavy atom. The van der Waals surface area contributed by atoms with Gasteiger partial charge < -0.3 is 29.9 Å². The van der Waals surface area contributed by atoms with Gasteiger partial charge in [-0.15, -0.1) is 0 Å². The maximum Gasteiger partial charge on any atom is 0.228 e. The molecule has 1 saturated heterocycles. The van der Waals surface area contributed by atoms with Crippen molar-refractivity contribution >= 4 is 0 Å². The van der Waals surface area contributed by atoms with Gasteiger partial charge in [-0.3, -0.25) is 0 Å². The molecule has 4 N–H and O–H groups in total. The van der Waals surface area contributed by atoms with Gasteiger partial charge in [0.1, 0.15) is 29.8 Å². The number of benzene rings is 1. The van der Waals surface area contributed by atoms with Crippen molar-refractivity contribution in [2.45, 2.75) is 24.6 Å². The van der Waals surface area contributed by atoms with Crippen molar-refractivity contribution in [3.05, 3.63) is 24.3 Å². The van der Waals surface area contributed by atoms with Crippen molar-refractivity contribution < 1.29 is 29.9 Å². The minimum absolute atomic E-state index is 0.0953. The fourth-order valence-corrected chi connectivity index (χ4v) is 1.54. The molecule has 1 aromatic carbocycles. The Labute approximate surface area is 97.7 Å². The van der Waals surface area contributed by atoms with Gasteiger partial charge in [0, 0.05) is 0 Å². The maximum absolute atomic E-state index is 9.61. The fraction of sp³-hybridized carbons (Fsp3) is 0.455. The number of phenols is 1. The minimum atomic E-state index is -1.33. The summed E-state index contributed by atoms with van der Waals surface area (Å²) in [5.74, 6) is 0.480. The monoisotopic (exact) mass is 242 g/mol. The molecule has 1 unspecified atom stereocenters. The van der Waals surface area contributed by atoms with Crippen LogP contribution >= 0.6 is 0 Å². The summed E-state index contributed by atoms with van der Waals surface area (Å²) in [5.41, 5.74) is 0. The average molecular weight is 242 g/mol. The van der Waals surface area contributed by atoms with Gasteiger partial charge in [-0.1, -0.05) is 0 Å². The van der Waals surface area contributed by atoms with Crippen molar-refractivity contribution in [3.8, 4) is 11.5 Å². The zero-order valence-corrected chi connectivity index (χ0v) is 8.93. The Hall–Kier alpha value is -1.34. The first-order chi connectivity index (χ1) is 8.08. The quantitative estimate of drug-likeness (QED) is 0.542. The summed E-state index contributed by atoms with van der Waals surface area (Å²) < 4.78 is 10.3.